The smallest absolute Gasteiger partial charge is 0.339 e. The van der Waals surface area contributed by atoms with Crippen molar-refractivity contribution in [2.24, 2.45) is 0 Å². The van der Waals surface area contributed by atoms with Gasteiger partial charge < -0.3 is 4.74 Å². The number of carbonyl (C=O) groups excluding carboxylic acids is 1. The first-order valence-corrected chi connectivity index (χ1v) is 6.69. The molecule has 96 valence electrons. The number of methoxy groups -OCH3 is 1. The molecular formula is C13H9ClN2O2S. The number of pyridine rings is 1. The van der Waals surface area contributed by atoms with Crippen LogP contribution in [-0.2, 0) is 4.74 Å². The minimum Gasteiger partial charge on any atom is -0.465 e. The molecule has 0 unspecified atom stereocenters. The van der Waals surface area contributed by atoms with Gasteiger partial charge in [-0.3, -0.25) is 4.40 Å². The van der Waals surface area contributed by atoms with Crippen LogP contribution >= 0.6 is 22.9 Å². The molecule has 0 atom stereocenters. The molecule has 3 rings (SSSR count). The van der Waals surface area contributed by atoms with E-state index in [0.717, 1.165) is 16.2 Å². The molecule has 0 N–H and O–H groups in total. The fourth-order valence-corrected chi connectivity index (χ4v) is 2.88. The van der Waals surface area contributed by atoms with Crippen molar-refractivity contribution in [1.82, 2.24) is 9.38 Å². The monoisotopic (exact) mass is 292 g/mol. The number of thiophene rings is 1. The van der Waals surface area contributed by atoms with E-state index in [4.69, 9.17) is 16.3 Å². The van der Waals surface area contributed by atoms with Crippen molar-refractivity contribution in [3.63, 3.8) is 0 Å². The number of imidazole rings is 1. The molecule has 0 saturated carbocycles. The van der Waals surface area contributed by atoms with Gasteiger partial charge in [-0.05, 0) is 24.3 Å². The molecule has 0 spiro atoms. The van der Waals surface area contributed by atoms with E-state index in [0.29, 0.717) is 9.90 Å². The van der Waals surface area contributed by atoms with E-state index in [1.54, 1.807) is 18.5 Å². The Hall–Kier alpha value is -1.85. The number of fused-ring (bicyclic) bond motifs is 1. The van der Waals surface area contributed by atoms with Crippen molar-refractivity contribution >= 4 is 34.4 Å². The maximum Gasteiger partial charge on any atom is 0.339 e. The van der Waals surface area contributed by atoms with Crippen LogP contribution in [0.25, 0.3) is 16.2 Å². The van der Waals surface area contributed by atoms with E-state index >= 15 is 0 Å². The number of ether oxygens (including phenoxy) is 1. The van der Waals surface area contributed by atoms with Crippen molar-refractivity contribution < 1.29 is 9.53 Å². The van der Waals surface area contributed by atoms with Crippen molar-refractivity contribution in [1.29, 1.82) is 0 Å². The first-order valence-electron chi connectivity index (χ1n) is 5.50. The van der Waals surface area contributed by atoms with Crippen molar-refractivity contribution in [3.8, 4) is 10.7 Å². The van der Waals surface area contributed by atoms with Crippen LogP contribution in [-0.4, -0.2) is 22.5 Å². The van der Waals surface area contributed by atoms with Gasteiger partial charge in [-0.2, -0.15) is 0 Å². The molecule has 19 heavy (non-hydrogen) atoms. The Bertz CT molecular complexity index is 763. The Morgan fingerprint density at radius 3 is 2.89 bits per heavy atom. The van der Waals surface area contributed by atoms with Crippen LogP contribution in [0.2, 0.25) is 4.34 Å². The average molecular weight is 293 g/mol. The summed E-state index contributed by atoms with van der Waals surface area (Å²) in [4.78, 5) is 16.9. The number of aromatic nitrogens is 2. The summed E-state index contributed by atoms with van der Waals surface area (Å²) in [6.07, 6.45) is 3.47. The minimum absolute atomic E-state index is 0.370. The number of hydrogen-bond acceptors (Lipinski definition) is 4. The van der Waals surface area contributed by atoms with Crippen molar-refractivity contribution in [3.05, 3.63) is 46.6 Å². The summed E-state index contributed by atoms with van der Waals surface area (Å²) in [5.74, 6) is 0.392. The number of nitrogens with zero attached hydrogens (tertiary/aromatic N) is 2. The van der Waals surface area contributed by atoms with Gasteiger partial charge in [0.2, 0.25) is 0 Å². The topological polar surface area (TPSA) is 43.6 Å². The predicted molar refractivity (Wildman–Crippen MR) is 74.9 cm³/mol. The van der Waals surface area contributed by atoms with E-state index in [1.807, 2.05) is 22.6 Å². The summed E-state index contributed by atoms with van der Waals surface area (Å²) in [5, 5.41) is 0. The van der Waals surface area contributed by atoms with Crippen LogP contribution in [0.3, 0.4) is 0 Å². The minimum atomic E-state index is -0.370. The Balaban J connectivity index is 2.18. The zero-order valence-electron chi connectivity index (χ0n) is 9.96. The van der Waals surface area contributed by atoms with Crippen molar-refractivity contribution in [2.75, 3.05) is 7.11 Å². The normalized spacial score (nSPS) is 10.8. The summed E-state index contributed by atoms with van der Waals surface area (Å²) < 4.78 is 7.28. The molecule has 0 aliphatic heterocycles. The van der Waals surface area contributed by atoms with Crippen LogP contribution in [0.5, 0.6) is 0 Å². The van der Waals surface area contributed by atoms with E-state index in [9.17, 15) is 4.79 Å². The highest BCUT2D eigenvalue weighted by atomic mass is 35.5. The lowest BCUT2D eigenvalue weighted by Gasteiger charge is -2.02. The fraction of sp³-hybridized carbons (Fsp3) is 0.0769. The first kappa shape index (κ1) is 12.2. The van der Waals surface area contributed by atoms with Gasteiger partial charge in [-0.25, -0.2) is 9.78 Å². The number of esters is 1. The van der Waals surface area contributed by atoms with E-state index in [-0.39, 0.29) is 5.97 Å². The summed E-state index contributed by atoms with van der Waals surface area (Å²) >= 11 is 7.39. The van der Waals surface area contributed by atoms with Gasteiger partial charge in [0.05, 0.1) is 33.6 Å². The van der Waals surface area contributed by atoms with Crippen LogP contribution in [0.4, 0.5) is 0 Å². The average Bonchev–Trinajstić information content (AvgIpc) is 3.02. The predicted octanol–water partition coefficient (Wildman–Crippen LogP) is 3.50. The molecule has 3 heterocycles. The van der Waals surface area contributed by atoms with Crippen LogP contribution < -0.4 is 0 Å². The molecule has 0 saturated heterocycles. The Morgan fingerprint density at radius 1 is 1.37 bits per heavy atom. The lowest BCUT2D eigenvalue weighted by atomic mass is 10.2. The summed E-state index contributed by atoms with van der Waals surface area (Å²) in [7, 11) is 1.36. The molecule has 0 radical (unpaired) electrons. The molecule has 0 aliphatic rings. The van der Waals surface area contributed by atoms with Gasteiger partial charge >= 0.3 is 5.97 Å². The molecule has 0 aromatic carbocycles. The van der Waals surface area contributed by atoms with E-state index in [2.05, 4.69) is 4.98 Å². The molecule has 3 aromatic heterocycles. The van der Waals surface area contributed by atoms with Crippen LogP contribution in [0.15, 0.2) is 36.7 Å². The highest BCUT2D eigenvalue weighted by Gasteiger charge is 2.12. The Kier molecular flexibility index (Phi) is 3.00. The Labute approximate surface area is 118 Å². The lowest BCUT2D eigenvalue weighted by Crippen LogP contribution is -2.02. The third-order valence-corrected chi connectivity index (χ3v) is 3.97. The first-order chi connectivity index (χ1) is 9.19. The highest BCUT2D eigenvalue weighted by Crippen LogP contribution is 2.30. The molecule has 0 aliphatic carbocycles. The molecule has 4 nitrogen and oxygen atoms in total. The van der Waals surface area contributed by atoms with Gasteiger partial charge in [-0.15, -0.1) is 11.3 Å². The van der Waals surface area contributed by atoms with Gasteiger partial charge in [0.15, 0.2) is 5.82 Å². The maximum atomic E-state index is 11.6. The Morgan fingerprint density at radius 2 is 2.21 bits per heavy atom. The number of rotatable bonds is 2. The third kappa shape index (κ3) is 2.11. The second-order valence-corrected chi connectivity index (χ2v) is 5.60. The quantitative estimate of drug-likeness (QED) is 0.679. The molecule has 6 heteroatoms. The van der Waals surface area contributed by atoms with E-state index in [1.165, 1.54) is 18.4 Å². The highest BCUT2D eigenvalue weighted by molar-refractivity contribution is 7.19. The summed E-state index contributed by atoms with van der Waals surface area (Å²) in [6, 6.07) is 7.28. The van der Waals surface area contributed by atoms with Crippen molar-refractivity contribution in [2.45, 2.75) is 0 Å². The van der Waals surface area contributed by atoms with E-state index < -0.39 is 0 Å². The summed E-state index contributed by atoms with van der Waals surface area (Å²) in [5.41, 5.74) is 1.39. The second-order valence-electron chi connectivity index (χ2n) is 3.89. The van der Waals surface area contributed by atoms with Gasteiger partial charge in [0.25, 0.3) is 0 Å². The zero-order valence-corrected chi connectivity index (χ0v) is 11.5. The van der Waals surface area contributed by atoms with Crippen LogP contribution in [0, 0.1) is 0 Å². The lowest BCUT2D eigenvalue weighted by molar-refractivity contribution is 0.0600. The maximum absolute atomic E-state index is 11.6. The molecule has 0 bridgehead atoms. The van der Waals surface area contributed by atoms with Crippen LogP contribution in [0.1, 0.15) is 10.4 Å². The van der Waals surface area contributed by atoms with Gasteiger partial charge in [0, 0.05) is 6.20 Å². The third-order valence-electron chi connectivity index (χ3n) is 2.74. The SMILES string of the molecule is COC(=O)c1ccc2cnc(-c3ccc(Cl)s3)n2c1. The largest absolute Gasteiger partial charge is 0.465 e. The second kappa shape index (κ2) is 4.68. The van der Waals surface area contributed by atoms with Gasteiger partial charge in [0.1, 0.15) is 0 Å². The molecular weight excluding hydrogens is 284 g/mol. The summed E-state index contributed by atoms with van der Waals surface area (Å²) in [6.45, 7) is 0. The number of halogens is 1. The molecule has 0 amide bonds. The number of hydrogen-bond donors (Lipinski definition) is 0. The standard InChI is InChI=1S/C13H9ClN2O2S/c1-18-13(17)8-2-3-9-6-15-12(16(9)7-8)10-4-5-11(14)19-10/h2-7H,1H3. The molecule has 3 aromatic rings. The fourth-order valence-electron chi connectivity index (χ4n) is 1.85. The zero-order chi connectivity index (χ0) is 13.4. The number of carbonyl (C=O) groups is 1. The molecule has 0 fully saturated rings. The van der Waals surface area contributed by atoms with Gasteiger partial charge in [-0.1, -0.05) is 11.6 Å².